The highest BCUT2D eigenvalue weighted by atomic mass is 16.2. The van der Waals surface area contributed by atoms with Crippen LogP contribution < -0.4 is 10.6 Å². The van der Waals surface area contributed by atoms with E-state index in [4.69, 9.17) is 0 Å². The first kappa shape index (κ1) is 23.0. The van der Waals surface area contributed by atoms with Gasteiger partial charge in [-0.3, -0.25) is 19.2 Å². The van der Waals surface area contributed by atoms with Crippen LogP contribution in [0.5, 0.6) is 0 Å². The Bertz CT molecular complexity index is 1040. The van der Waals surface area contributed by atoms with Crippen molar-refractivity contribution in [2.75, 3.05) is 6.54 Å². The predicted octanol–water partition coefficient (Wildman–Crippen LogP) is 3.06. The van der Waals surface area contributed by atoms with Gasteiger partial charge in [0.2, 0.25) is 5.91 Å². The SMILES string of the molecule is CCC1CCC2(CC1)NC(=O)N(CC(=O)NCc1c(C)nn(Cc3ccccc3)c1C)C2=O. The molecule has 8 nitrogen and oxygen atoms in total. The third-order valence-corrected chi connectivity index (χ3v) is 7.25. The normalized spacial score (nSPS) is 22.6. The zero-order valence-electron chi connectivity index (χ0n) is 19.7. The second-order valence-electron chi connectivity index (χ2n) is 9.32. The lowest BCUT2D eigenvalue weighted by molar-refractivity contribution is -0.136. The molecule has 0 atom stereocenters. The van der Waals surface area contributed by atoms with Crippen LogP contribution in [-0.2, 0) is 22.7 Å². The van der Waals surface area contributed by atoms with Crippen molar-refractivity contribution in [3.63, 3.8) is 0 Å². The molecule has 33 heavy (non-hydrogen) atoms. The van der Waals surface area contributed by atoms with Crippen LogP contribution in [0.3, 0.4) is 0 Å². The number of carbonyl (C=O) groups is 3. The van der Waals surface area contributed by atoms with E-state index < -0.39 is 11.6 Å². The van der Waals surface area contributed by atoms with E-state index in [9.17, 15) is 14.4 Å². The number of amides is 4. The molecule has 2 heterocycles. The molecule has 1 aromatic heterocycles. The third-order valence-electron chi connectivity index (χ3n) is 7.25. The Kier molecular flexibility index (Phi) is 6.54. The molecule has 0 bridgehead atoms. The molecule has 1 aromatic carbocycles. The average Bonchev–Trinajstić information content (AvgIpc) is 3.20. The molecular weight excluding hydrogens is 418 g/mol. The molecule has 1 saturated carbocycles. The summed E-state index contributed by atoms with van der Waals surface area (Å²) in [4.78, 5) is 39.2. The summed E-state index contributed by atoms with van der Waals surface area (Å²) in [5, 5.41) is 10.4. The summed E-state index contributed by atoms with van der Waals surface area (Å²) in [7, 11) is 0. The Labute approximate surface area is 194 Å². The molecule has 1 saturated heterocycles. The maximum atomic E-state index is 13.0. The fourth-order valence-electron chi connectivity index (χ4n) is 5.02. The van der Waals surface area contributed by atoms with Crippen molar-refractivity contribution in [3.8, 4) is 0 Å². The topological polar surface area (TPSA) is 96.3 Å². The van der Waals surface area contributed by atoms with E-state index in [-0.39, 0.29) is 18.4 Å². The number of aryl methyl sites for hydroxylation is 1. The van der Waals surface area contributed by atoms with Crippen LogP contribution in [0.1, 0.15) is 61.5 Å². The number of urea groups is 1. The fraction of sp³-hybridized carbons (Fsp3) is 0.520. The van der Waals surface area contributed by atoms with Gasteiger partial charge in [-0.2, -0.15) is 5.10 Å². The molecule has 176 valence electrons. The van der Waals surface area contributed by atoms with E-state index in [1.807, 2.05) is 36.7 Å². The molecule has 2 aliphatic rings. The minimum Gasteiger partial charge on any atom is -0.350 e. The Morgan fingerprint density at radius 2 is 1.88 bits per heavy atom. The van der Waals surface area contributed by atoms with Gasteiger partial charge in [0.1, 0.15) is 12.1 Å². The van der Waals surface area contributed by atoms with Gasteiger partial charge in [0.25, 0.3) is 5.91 Å². The first-order chi connectivity index (χ1) is 15.8. The van der Waals surface area contributed by atoms with Gasteiger partial charge in [-0.15, -0.1) is 0 Å². The van der Waals surface area contributed by atoms with E-state index in [1.165, 1.54) is 0 Å². The second-order valence-corrected chi connectivity index (χ2v) is 9.32. The van der Waals surface area contributed by atoms with Crippen molar-refractivity contribution in [2.24, 2.45) is 5.92 Å². The lowest BCUT2D eigenvalue weighted by atomic mass is 9.75. The number of nitrogens with one attached hydrogen (secondary N) is 2. The van der Waals surface area contributed by atoms with Gasteiger partial charge in [0, 0.05) is 17.8 Å². The Morgan fingerprint density at radius 3 is 2.55 bits per heavy atom. The van der Waals surface area contributed by atoms with Crippen LogP contribution in [0.4, 0.5) is 4.79 Å². The van der Waals surface area contributed by atoms with Crippen molar-refractivity contribution >= 4 is 17.8 Å². The van der Waals surface area contributed by atoms with E-state index in [0.29, 0.717) is 31.8 Å². The highest BCUT2D eigenvalue weighted by molar-refractivity contribution is 6.09. The van der Waals surface area contributed by atoms with Gasteiger partial charge in [-0.25, -0.2) is 4.79 Å². The van der Waals surface area contributed by atoms with Gasteiger partial charge < -0.3 is 10.6 Å². The standard InChI is InChI=1S/C25H33N5O3/c1-4-19-10-12-25(13-11-19)23(32)29(24(33)27-25)16-22(31)26-14-21-17(2)28-30(18(21)3)15-20-8-6-5-7-9-20/h5-9,19H,4,10-16H2,1-3H3,(H,26,31)(H,27,33). The van der Waals surface area contributed by atoms with Crippen molar-refractivity contribution < 1.29 is 14.4 Å². The maximum absolute atomic E-state index is 13.0. The maximum Gasteiger partial charge on any atom is 0.325 e. The van der Waals surface area contributed by atoms with Crippen molar-refractivity contribution in [1.29, 1.82) is 0 Å². The first-order valence-electron chi connectivity index (χ1n) is 11.8. The molecule has 1 aliphatic heterocycles. The van der Waals surface area contributed by atoms with Gasteiger partial charge in [0.05, 0.1) is 12.2 Å². The molecule has 4 amide bonds. The van der Waals surface area contributed by atoms with E-state index in [1.54, 1.807) is 0 Å². The molecule has 1 aliphatic carbocycles. The molecule has 2 aromatic rings. The molecule has 0 unspecified atom stereocenters. The highest BCUT2D eigenvalue weighted by Crippen LogP contribution is 2.37. The summed E-state index contributed by atoms with van der Waals surface area (Å²) >= 11 is 0. The summed E-state index contributed by atoms with van der Waals surface area (Å²) in [6.07, 6.45) is 4.23. The van der Waals surface area contributed by atoms with E-state index >= 15 is 0 Å². The van der Waals surface area contributed by atoms with Crippen LogP contribution in [0.25, 0.3) is 0 Å². The van der Waals surface area contributed by atoms with Gasteiger partial charge in [-0.1, -0.05) is 43.7 Å². The smallest absolute Gasteiger partial charge is 0.325 e. The minimum absolute atomic E-state index is 0.264. The molecule has 0 radical (unpaired) electrons. The molecular formula is C25H33N5O3. The minimum atomic E-state index is -0.825. The van der Waals surface area contributed by atoms with E-state index in [0.717, 1.165) is 46.7 Å². The lowest BCUT2D eigenvalue weighted by Gasteiger charge is -2.34. The van der Waals surface area contributed by atoms with Gasteiger partial charge in [0.15, 0.2) is 0 Å². The summed E-state index contributed by atoms with van der Waals surface area (Å²) < 4.78 is 1.93. The predicted molar refractivity (Wildman–Crippen MR) is 124 cm³/mol. The number of imide groups is 1. The summed E-state index contributed by atoms with van der Waals surface area (Å²) in [5.74, 6) is -0.0142. The van der Waals surface area contributed by atoms with Crippen LogP contribution in [-0.4, -0.2) is 44.6 Å². The number of hydrogen-bond acceptors (Lipinski definition) is 4. The number of benzene rings is 1. The van der Waals surface area contributed by atoms with Gasteiger partial charge >= 0.3 is 6.03 Å². The number of nitrogens with zero attached hydrogens (tertiary/aromatic N) is 3. The van der Waals surface area contributed by atoms with Crippen molar-refractivity contribution in [3.05, 3.63) is 52.8 Å². The third kappa shape index (κ3) is 4.65. The van der Waals surface area contributed by atoms with Crippen LogP contribution in [0, 0.1) is 19.8 Å². The van der Waals surface area contributed by atoms with Crippen molar-refractivity contribution in [2.45, 2.75) is 71.5 Å². The Morgan fingerprint density at radius 1 is 1.18 bits per heavy atom. The number of carbonyl (C=O) groups excluding carboxylic acids is 3. The summed E-state index contributed by atoms with van der Waals surface area (Å²) in [5.41, 5.74) is 3.11. The molecule has 2 N–H and O–H groups in total. The Hall–Kier alpha value is -3.16. The summed E-state index contributed by atoms with van der Waals surface area (Å²) in [6.45, 7) is 6.76. The molecule has 1 spiro atoms. The van der Waals surface area contributed by atoms with Crippen LogP contribution in [0.2, 0.25) is 0 Å². The van der Waals surface area contributed by atoms with Crippen LogP contribution in [0.15, 0.2) is 30.3 Å². The fourth-order valence-corrected chi connectivity index (χ4v) is 5.02. The highest BCUT2D eigenvalue weighted by Gasteiger charge is 2.52. The lowest BCUT2D eigenvalue weighted by Crippen LogP contribution is -2.50. The zero-order valence-corrected chi connectivity index (χ0v) is 19.7. The molecule has 4 rings (SSSR count). The number of aromatic nitrogens is 2. The monoisotopic (exact) mass is 451 g/mol. The zero-order chi connectivity index (χ0) is 23.6. The molecule has 8 heteroatoms. The first-order valence-corrected chi connectivity index (χ1v) is 11.8. The number of hydrogen-bond donors (Lipinski definition) is 2. The Balaban J connectivity index is 1.35. The quantitative estimate of drug-likeness (QED) is 0.633. The van der Waals surface area contributed by atoms with Gasteiger partial charge in [-0.05, 0) is 51.0 Å². The second kappa shape index (κ2) is 9.37. The summed E-state index contributed by atoms with van der Waals surface area (Å²) in [6, 6.07) is 9.62. The van der Waals surface area contributed by atoms with Crippen molar-refractivity contribution in [1.82, 2.24) is 25.3 Å². The van der Waals surface area contributed by atoms with E-state index in [2.05, 4.69) is 34.8 Å². The van der Waals surface area contributed by atoms with Crippen LogP contribution >= 0.6 is 0 Å². The average molecular weight is 452 g/mol. The molecule has 2 fully saturated rings. The largest absolute Gasteiger partial charge is 0.350 e. The number of rotatable bonds is 7.